The van der Waals surface area contributed by atoms with Crippen LogP contribution in [0.4, 0.5) is 0 Å². The fourth-order valence-electron chi connectivity index (χ4n) is 5.40. The SMILES string of the molecule is CC(=O)OC1=C(OCc2ccccc2)[C@](COCc2ccccc2)(C2(C)CC=CC2)O[C@H]1n1cc(C)c(=O)[nH]c1=O. The molecule has 0 fully saturated rings. The Kier molecular flexibility index (Phi) is 8.10. The van der Waals surface area contributed by atoms with E-state index in [2.05, 4.69) is 24.1 Å². The third-order valence-corrected chi connectivity index (χ3v) is 7.70. The van der Waals surface area contributed by atoms with Gasteiger partial charge < -0.3 is 18.9 Å². The number of allylic oxidation sites excluding steroid dienone is 2. The number of aryl methyl sites for hydroxylation is 1. The molecule has 9 nitrogen and oxygen atoms in total. The minimum absolute atomic E-state index is 0.0541. The van der Waals surface area contributed by atoms with Crippen molar-refractivity contribution in [1.29, 1.82) is 0 Å². The first-order chi connectivity index (χ1) is 19.7. The molecule has 2 aromatic carbocycles. The number of aromatic amines is 1. The van der Waals surface area contributed by atoms with Gasteiger partial charge in [-0.15, -0.1) is 0 Å². The van der Waals surface area contributed by atoms with Crippen LogP contribution >= 0.6 is 0 Å². The van der Waals surface area contributed by atoms with E-state index in [1.807, 2.05) is 60.7 Å². The number of carbonyl (C=O) groups is 1. The topological polar surface area (TPSA) is 109 Å². The first kappa shape index (κ1) is 28.3. The highest BCUT2D eigenvalue weighted by Crippen LogP contribution is 2.56. The van der Waals surface area contributed by atoms with Gasteiger partial charge in [0.25, 0.3) is 5.56 Å². The van der Waals surface area contributed by atoms with Gasteiger partial charge in [0.1, 0.15) is 6.61 Å². The maximum Gasteiger partial charge on any atom is 0.330 e. The van der Waals surface area contributed by atoms with Gasteiger partial charge in [0.2, 0.25) is 6.23 Å². The van der Waals surface area contributed by atoms with Crippen LogP contribution in [0.1, 0.15) is 49.6 Å². The number of aromatic nitrogens is 2. The Bertz CT molecular complexity index is 1560. The van der Waals surface area contributed by atoms with E-state index in [1.165, 1.54) is 17.7 Å². The maximum absolute atomic E-state index is 13.1. The van der Waals surface area contributed by atoms with Crippen LogP contribution < -0.4 is 11.2 Å². The van der Waals surface area contributed by atoms with Gasteiger partial charge in [-0.2, -0.15) is 0 Å². The number of nitrogens with one attached hydrogen (secondary N) is 1. The van der Waals surface area contributed by atoms with Crippen molar-refractivity contribution in [2.24, 2.45) is 5.41 Å². The lowest BCUT2D eigenvalue weighted by atomic mass is 9.70. The van der Waals surface area contributed by atoms with E-state index < -0.39 is 34.5 Å². The summed E-state index contributed by atoms with van der Waals surface area (Å²) in [5, 5.41) is 0. The van der Waals surface area contributed by atoms with Crippen molar-refractivity contribution >= 4 is 5.97 Å². The number of hydrogen-bond acceptors (Lipinski definition) is 7. The van der Waals surface area contributed by atoms with Crippen molar-refractivity contribution in [2.75, 3.05) is 6.61 Å². The Hall–Kier alpha value is -4.21. The van der Waals surface area contributed by atoms with Gasteiger partial charge >= 0.3 is 11.7 Å². The molecule has 1 aromatic heterocycles. The molecule has 0 radical (unpaired) electrons. The van der Waals surface area contributed by atoms with Gasteiger partial charge in [-0.25, -0.2) is 4.79 Å². The highest BCUT2D eigenvalue weighted by molar-refractivity contribution is 5.67. The Balaban J connectivity index is 1.65. The van der Waals surface area contributed by atoms with E-state index in [1.54, 1.807) is 6.92 Å². The molecule has 3 aromatic rings. The Morgan fingerprint density at radius 1 is 1.00 bits per heavy atom. The number of H-pyrrole nitrogens is 1. The quantitative estimate of drug-likeness (QED) is 0.284. The molecule has 1 aliphatic carbocycles. The molecular weight excluding hydrogens is 524 g/mol. The highest BCUT2D eigenvalue weighted by atomic mass is 16.6. The molecule has 2 heterocycles. The molecule has 0 amide bonds. The summed E-state index contributed by atoms with van der Waals surface area (Å²) >= 11 is 0. The smallest absolute Gasteiger partial charge is 0.330 e. The summed E-state index contributed by atoms with van der Waals surface area (Å²) in [7, 11) is 0. The second-order valence-electron chi connectivity index (χ2n) is 10.8. The van der Waals surface area contributed by atoms with Crippen LogP contribution in [0.25, 0.3) is 0 Å². The Morgan fingerprint density at radius 2 is 1.61 bits per heavy atom. The summed E-state index contributed by atoms with van der Waals surface area (Å²) in [5.41, 5.74) is -0.850. The zero-order valence-electron chi connectivity index (χ0n) is 23.4. The average Bonchev–Trinajstić information content (AvgIpc) is 3.54. The number of hydrogen-bond donors (Lipinski definition) is 1. The summed E-state index contributed by atoms with van der Waals surface area (Å²) in [5.74, 6) is -0.255. The summed E-state index contributed by atoms with van der Waals surface area (Å²) in [6.45, 7) is 5.48. The molecule has 0 spiro atoms. The third-order valence-electron chi connectivity index (χ3n) is 7.70. The van der Waals surface area contributed by atoms with Crippen molar-refractivity contribution in [2.45, 2.75) is 58.7 Å². The summed E-state index contributed by atoms with van der Waals surface area (Å²) in [6.07, 6.45) is 5.64. The molecule has 214 valence electrons. The number of nitrogens with zero attached hydrogens (tertiary/aromatic N) is 1. The number of esters is 1. The van der Waals surface area contributed by atoms with Gasteiger partial charge in [-0.1, -0.05) is 79.7 Å². The normalized spacial score (nSPS) is 21.3. The molecule has 1 aliphatic heterocycles. The van der Waals surface area contributed by atoms with Crippen LogP contribution in [0.15, 0.2) is 100 Å². The predicted octanol–water partition coefficient (Wildman–Crippen LogP) is 4.68. The van der Waals surface area contributed by atoms with Crippen LogP contribution in [0.2, 0.25) is 0 Å². The van der Waals surface area contributed by atoms with Gasteiger partial charge in [-0.3, -0.25) is 19.1 Å². The lowest BCUT2D eigenvalue weighted by Gasteiger charge is -2.44. The van der Waals surface area contributed by atoms with Crippen molar-refractivity contribution in [3.05, 3.63) is 128 Å². The molecule has 1 N–H and O–H groups in total. The van der Waals surface area contributed by atoms with E-state index in [0.717, 1.165) is 11.1 Å². The van der Waals surface area contributed by atoms with Gasteiger partial charge in [0.15, 0.2) is 17.1 Å². The molecule has 2 atom stereocenters. The van der Waals surface area contributed by atoms with Crippen LogP contribution in [-0.4, -0.2) is 27.7 Å². The van der Waals surface area contributed by atoms with Gasteiger partial charge in [0.05, 0.1) is 13.2 Å². The zero-order chi connectivity index (χ0) is 29.0. The van der Waals surface area contributed by atoms with E-state index in [0.29, 0.717) is 25.0 Å². The van der Waals surface area contributed by atoms with Gasteiger partial charge in [-0.05, 0) is 30.9 Å². The molecule has 2 aliphatic rings. The summed E-state index contributed by atoms with van der Waals surface area (Å²) < 4.78 is 26.7. The Morgan fingerprint density at radius 3 is 2.22 bits per heavy atom. The third kappa shape index (κ3) is 5.68. The number of rotatable bonds is 10. The first-order valence-electron chi connectivity index (χ1n) is 13.6. The van der Waals surface area contributed by atoms with Gasteiger partial charge in [0, 0.05) is 24.1 Å². The van der Waals surface area contributed by atoms with E-state index in [4.69, 9.17) is 18.9 Å². The fraction of sp³-hybridized carbons (Fsp3) is 0.344. The van der Waals surface area contributed by atoms with Crippen LogP contribution in [0.3, 0.4) is 0 Å². The zero-order valence-corrected chi connectivity index (χ0v) is 23.4. The molecule has 9 heteroatoms. The standard InChI is InChI=1S/C32H34N2O7/c1-22-18-34(30(37)33-28(22)36)29-26(40-23(2)35)27(39-20-25-14-8-5-9-15-25)32(41-29,31(3)16-10-11-17-31)21-38-19-24-12-6-4-7-13-24/h4-15,18,29H,16-17,19-21H2,1-3H3,(H,33,36,37)/t29-,32-/m1/s1. The monoisotopic (exact) mass is 558 g/mol. The fourth-order valence-corrected chi connectivity index (χ4v) is 5.40. The first-order valence-corrected chi connectivity index (χ1v) is 13.6. The molecule has 0 saturated carbocycles. The van der Waals surface area contributed by atoms with Crippen LogP contribution in [-0.2, 0) is 37.0 Å². The predicted molar refractivity (Wildman–Crippen MR) is 152 cm³/mol. The minimum atomic E-state index is -1.25. The number of carbonyl (C=O) groups excluding carboxylic acids is 1. The lowest BCUT2D eigenvalue weighted by Crippen LogP contribution is -2.52. The van der Waals surface area contributed by atoms with Crippen molar-refractivity contribution < 1.29 is 23.7 Å². The molecule has 5 rings (SSSR count). The van der Waals surface area contributed by atoms with Crippen LogP contribution in [0.5, 0.6) is 0 Å². The maximum atomic E-state index is 13.1. The van der Waals surface area contributed by atoms with Crippen molar-refractivity contribution in [3.8, 4) is 0 Å². The van der Waals surface area contributed by atoms with E-state index in [-0.39, 0.29) is 24.7 Å². The highest BCUT2D eigenvalue weighted by Gasteiger charge is 2.61. The second kappa shape index (κ2) is 11.7. The molecule has 0 saturated heterocycles. The minimum Gasteiger partial charge on any atom is -0.486 e. The second-order valence-corrected chi connectivity index (χ2v) is 10.8. The average molecular weight is 559 g/mol. The summed E-state index contributed by atoms with van der Waals surface area (Å²) in [6, 6.07) is 19.4. The van der Waals surface area contributed by atoms with Crippen LogP contribution in [0, 0.1) is 12.3 Å². The van der Waals surface area contributed by atoms with E-state index >= 15 is 0 Å². The lowest BCUT2D eigenvalue weighted by molar-refractivity contribution is -0.184. The summed E-state index contributed by atoms with van der Waals surface area (Å²) in [4.78, 5) is 40.1. The number of ether oxygens (including phenoxy) is 4. The molecule has 0 bridgehead atoms. The molecule has 0 unspecified atom stereocenters. The molecular formula is C32H34N2O7. The van der Waals surface area contributed by atoms with E-state index in [9.17, 15) is 14.4 Å². The largest absolute Gasteiger partial charge is 0.486 e. The number of benzene rings is 2. The molecule has 41 heavy (non-hydrogen) atoms. The van der Waals surface area contributed by atoms with Crippen molar-refractivity contribution in [3.63, 3.8) is 0 Å². The Labute approximate surface area is 238 Å². The van der Waals surface area contributed by atoms with Crippen molar-refractivity contribution in [1.82, 2.24) is 9.55 Å².